The number of benzene rings is 2. The van der Waals surface area contributed by atoms with Gasteiger partial charge in [-0.15, -0.1) is 0 Å². The van der Waals surface area contributed by atoms with E-state index in [9.17, 15) is 0 Å². The van der Waals surface area contributed by atoms with Crippen LogP contribution in [0.25, 0.3) is 11.0 Å². The molecule has 108 valence electrons. The summed E-state index contributed by atoms with van der Waals surface area (Å²) >= 11 is 0. The predicted molar refractivity (Wildman–Crippen MR) is 87.4 cm³/mol. The van der Waals surface area contributed by atoms with Crippen molar-refractivity contribution in [3.8, 4) is 0 Å². The largest absolute Gasteiger partial charge is 0.459 e. The Morgan fingerprint density at radius 2 is 1.71 bits per heavy atom. The molecule has 0 aliphatic carbocycles. The SMILES string of the molecule is Cc1cccc([C@H](C)NC(C)c2cc3ccccc3o2)c1. The average Bonchev–Trinajstić information content (AvgIpc) is 2.91. The van der Waals surface area contributed by atoms with E-state index in [0.29, 0.717) is 0 Å². The zero-order chi connectivity index (χ0) is 14.8. The van der Waals surface area contributed by atoms with Crippen LogP contribution in [-0.4, -0.2) is 0 Å². The molecular weight excluding hydrogens is 258 g/mol. The monoisotopic (exact) mass is 279 g/mol. The van der Waals surface area contributed by atoms with Crippen LogP contribution in [0.5, 0.6) is 0 Å². The first kappa shape index (κ1) is 13.9. The first-order valence-corrected chi connectivity index (χ1v) is 7.44. The molecule has 3 aromatic rings. The molecule has 2 nitrogen and oxygen atoms in total. The average molecular weight is 279 g/mol. The smallest absolute Gasteiger partial charge is 0.134 e. The van der Waals surface area contributed by atoms with Crippen molar-refractivity contribution < 1.29 is 4.42 Å². The van der Waals surface area contributed by atoms with Gasteiger partial charge in [0.15, 0.2) is 0 Å². The molecule has 0 fully saturated rings. The second kappa shape index (κ2) is 5.74. The summed E-state index contributed by atoms with van der Waals surface area (Å²) in [4.78, 5) is 0. The van der Waals surface area contributed by atoms with E-state index in [2.05, 4.69) is 62.5 Å². The fourth-order valence-electron chi connectivity index (χ4n) is 2.71. The summed E-state index contributed by atoms with van der Waals surface area (Å²) in [5, 5.41) is 4.76. The van der Waals surface area contributed by atoms with Crippen LogP contribution in [0.4, 0.5) is 0 Å². The molecule has 2 atom stereocenters. The van der Waals surface area contributed by atoms with Crippen molar-refractivity contribution in [3.63, 3.8) is 0 Å². The lowest BCUT2D eigenvalue weighted by Gasteiger charge is -2.19. The normalized spacial score (nSPS) is 14.2. The molecule has 0 saturated heterocycles. The summed E-state index contributed by atoms with van der Waals surface area (Å²) in [6, 6.07) is 19.3. The van der Waals surface area contributed by atoms with Crippen molar-refractivity contribution in [3.05, 3.63) is 71.5 Å². The summed E-state index contributed by atoms with van der Waals surface area (Å²) < 4.78 is 5.93. The molecule has 1 unspecified atom stereocenters. The Hall–Kier alpha value is -2.06. The van der Waals surface area contributed by atoms with Crippen molar-refractivity contribution in [1.29, 1.82) is 0 Å². The van der Waals surface area contributed by atoms with Gasteiger partial charge in [-0.3, -0.25) is 0 Å². The number of rotatable bonds is 4. The van der Waals surface area contributed by atoms with Gasteiger partial charge >= 0.3 is 0 Å². The fourth-order valence-corrected chi connectivity index (χ4v) is 2.71. The van der Waals surface area contributed by atoms with Crippen LogP contribution < -0.4 is 5.32 Å². The maximum atomic E-state index is 5.93. The maximum absolute atomic E-state index is 5.93. The van der Waals surface area contributed by atoms with Gasteiger partial charge in [0.05, 0.1) is 6.04 Å². The van der Waals surface area contributed by atoms with Crippen molar-refractivity contribution in [2.75, 3.05) is 0 Å². The van der Waals surface area contributed by atoms with Crippen LogP contribution in [0, 0.1) is 6.92 Å². The molecule has 0 spiro atoms. The number of fused-ring (bicyclic) bond motifs is 1. The van der Waals surface area contributed by atoms with E-state index in [4.69, 9.17) is 4.42 Å². The molecule has 0 aliphatic rings. The van der Waals surface area contributed by atoms with Crippen molar-refractivity contribution in [2.45, 2.75) is 32.9 Å². The number of aryl methyl sites for hydroxylation is 1. The Labute approximate surface area is 125 Å². The Bertz CT molecular complexity index is 711. The number of furan rings is 1. The highest BCUT2D eigenvalue weighted by Gasteiger charge is 2.14. The minimum absolute atomic E-state index is 0.174. The molecule has 1 aromatic heterocycles. The summed E-state index contributed by atoms with van der Waals surface area (Å²) in [7, 11) is 0. The lowest BCUT2D eigenvalue weighted by Crippen LogP contribution is -2.22. The van der Waals surface area contributed by atoms with Crippen molar-refractivity contribution in [1.82, 2.24) is 5.32 Å². The first-order valence-electron chi connectivity index (χ1n) is 7.44. The van der Waals surface area contributed by atoms with E-state index in [1.807, 2.05) is 18.2 Å². The Balaban J connectivity index is 1.77. The van der Waals surface area contributed by atoms with Gasteiger partial charge < -0.3 is 9.73 Å². The minimum atomic E-state index is 0.174. The number of nitrogens with one attached hydrogen (secondary N) is 1. The van der Waals surface area contributed by atoms with Crippen LogP contribution in [0.2, 0.25) is 0 Å². The van der Waals surface area contributed by atoms with E-state index in [-0.39, 0.29) is 12.1 Å². The van der Waals surface area contributed by atoms with Gasteiger partial charge in [-0.05, 0) is 38.5 Å². The fraction of sp³-hybridized carbons (Fsp3) is 0.263. The Morgan fingerprint density at radius 1 is 0.905 bits per heavy atom. The van der Waals surface area contributed by atoms with E-state index in [1.165, 1.54) is 11.1 Å². The second-order valence-electron chi connectivity index (χ2n) is 5.71. The molecule has 1 N–H and O–H groups in total. The molecule has 0 radical (unpaired) electrons. The van der Waals surface area contributed by atoms with Crippen LogP contribution >= 0.6 is 0 Å². The number of hydrogen-bond donors (Lipinski definition) is 1. The summed E-state index contributed by atoms with van der Waals surface area (Å²) in [5.41, 5.74) is 3.54. The highest BCUT2D eigenvalue weighted by molar-refractivity contribution is 5.77. The third kappa shape index (κ3) is 3.01. The molecule has 0 aliphatic heterocycles. The molecule has 1 heterocycles. The van der Waals surface area contributed by atoms with E-state index in [0.717, 1.165) is 16.7 Å². The van der Waals surface area contributed by atoms with Crippen molar-refractivity contribution >= 4 is 11.0 Å². The van der Waals surface area contributed by atoms with Gasteiger partial charge in [0.2, 0.25) is 0 Å². The zero-order valence-corrected chi connectivity index (χ0v) is 12.8. The van der Waals surface area contributed by atoms with Gasteiger partial charge in [-0.2, -0.15) is 0 Å². The van der Waals surface area contributed by atoms with E-state index in [1.54, 1.807) is 0 Å². The standard InChI is InChI=1S/C19H21NO/c1-13-7-6-9-16(11-13)14(2)20-15(3)19-12-17-8-4-5-10-18(17)21-19/h4-12,14-15,20H,1-3H3/t14-,15?/m0/s1. The topological polar surface area (TPSA) is 25.2 Å². The molecule has 2 aromatic carbocycles. The van der Waals surface area contributed by atoms with Crippen LogP contribution in [-0.2, 0) is 0 Å². The minimum Gasteiger partial charge on any atom is -0.459 e. The summed E-state index contributed by atoms with van der Waals surface area (Å²) in [5.74, 6) is 0.982. The quantitative estimate of drug-likeness (QED) is 0.714. The van der Waals surface area contributed by atoms with E-state index < -0.39 is 0 Å². The lowest BCUT2D eigenvalue weighted by atomic mass is 10.0. The third-order valence-corrected chi connectivity index (χ3v) is 3.91. The highest BCUT2D eigenvalue weighted by Crippen LogP contribution is 2.25. The number of para-hydroxylation sites is 1. The third-order valence-electron chi connectivity index (χ3n) is 3.91. The highest BCUT2D eigenvalue weighted by atomic mass is 16.3. The molecule has 0 saturated carbocycles. The van der Waals surface area contributed by atoms with Gasteiger partial charge in [0, 0.05) is 11.4 Å². The number of hydrogen-bond acceptors (Lipinski definition) is 2. The Morgan fingerprint density at radius 3 is 2.48 bits per heavy atom. The molecule has 2 heteroatoms. The molecule has 3 rings (SSSR count). The molecule has 21 heavy (non-hydrogen) atoms. The predicted octanol–water partition coefficient (Wildman–Crippen LogP) is 5.15. The zero-order valence-electron chi connectivity index (χ0n) is 12.8. The van der Waals surface area contributed by atoms with Gasteiger partial charge in [-0.1, -0.05) is 48.0 Å². The van der Waals surface area contributed by atoms with Crippen molar-refractivity contribution in [2.24, 2.45) is 0 Å². The lowest BCUT2D eigenvalue weighted by molar-refractivity contribution is 0.417. The summed E-state index contributed by atoms with van der Waals surface area (Å²) in [6.45, 7) is 6.46. The molecule has 0 bridgehead atoms. The van der Waals surface area contributed by atoms with Gasteiger partial charge in [0.1, 0.15) is 11.3 Å². The Kier molecular flexibility index (Phi) is 3.80. The van der Waals surface area contributed by atoms with Crippen LogP contribution in [0.15, 0.2) is 59.0 Å². The van der Waals surface area contributed by atoms with Crippen LogP contribution in [0.1, 0.15) is 42.8 Å². The van der Waals surface area contributed by atoms with Crippen LogP contribution in [0.3, 0.4) is 0 Å². The van der Waals surface area contributed by atoms with Gasteiger partial charge in [-0.25, -0.2) is 0 Å². The second-order valence-corrected chi connectivity index (χ2v) is 5.71. The van der Waals surface area contributed by atoms with E-state index >= 15 is 0 Å². The molecule has 0 amide bonds. The molecular formula is C19H21NO. The summed E-state index contributed by atoms with van der Waals surface area (Å²) in [6.07, 6.45) is 0. The maximum Gasteiger partial charge on any atom is 0.134 e. The van der Waals surface area contributed by atoms with Gasteiger partial charge in [0.25, 0.3) is 0 Å². The first-order chi connectivity index (χ1) is 10.1.